The maximum absolute atomic E-state index is 13.6. The Morgan fingerprint density at radius 3 is 2.26 bits per heavy atom. The van der Waals surface area contributed by atoms with E-state index in [4.69, 9.17) is 10.3 Å². The van der Waals surface area contributed by atoms with Crippen LogP contribution in [0, 0.1) is 5.92 Å². The lowest BCUT2D eigenvalue weighted by atomic mass is 9.96. The number of carbonyl (C=O) groups excluding carboxylic acids is 1. The van der Waals surface area contributed by atoms with Crippen LogP contribution in [0.15, 0.2) is 5.16 Å². The van der Waals surface area contributed by atoms with Crippen LogP contribution < -0.4 is 5.32 Å². The molecule has 1 fully saturated rings. The van der Waals surface area contributed by atoms with Gasteiger partial charge in [0.05, 0.1) is 0 Å². The average molecular weight is 275 g/mol. The van der Waals surface area contributed by atoms with Crippen molar-refractivity contribution < 1.29 is 24.3 Å². The van der Waals surface area contributed by atoms with Gasteiger partial charge in [0.15, 0.2) is 11.5 Å². The number of rotatable bonds is 2. The number of likely N-dealkylation sites (tertiary alicyclic amines) is 1. The third-order valence-electron chi connectivity index (χ3n) is 3.04. The molecule has 0 aromatic carbocycles. The number of carboxylic acid groups (broad SMARTS) is 1. The predicted molar refractivity (Wildman–Crippen MR) is 64.9 cm³/mol. The van der Waals surface area contributed by atoms with Gasteiger partial charge in [0.25, 0.3) is 0 Å². The van der Waals surface area contributed by atoms with Crippen molar-refractivity contribution in [1.82, 2.24) is 10.2 Å². The first kappa shape index (κ1) is 15.2. The lowest BCUT2D eigenvalue weighted by Gasteiger charge is -2.29. The molecular formula is C11H18FN3O4. The number of amidine groups is 1. The van der Waals surface area contributed by atoms with Crippen LogP contribution in [0.4, 0.5) is 9.18 Å². The molecule has 0 saturated carbocycles. The fraction of sp³-hybridized carbons (Fsp3) is 0.727. The monoisotopic (exact) mass is 275 g/mol. The summed E-state index contributed by atoms with van der Waals surface area (Å²) in [6.45, 7) is 2.85. The van der Waals surface area contributed by atoms with E-state index in [9.17, 15) is 14.0 Å². The Balaban J connectivity index is 2.55. The largest absolute Gasteiger partial charge is 0.465 e. The van der Waals surface area contributed by atoms with E-state index in [2.05, 4.69) is 10.5 Å². The molecule has 1 heterocycles. The zero-order valence-corrected chi connectivity index (χ0v) is 10.9. The summed E-state index contributed by atoms with van der Waals surface area (Å²) in [4.78, 5) is 23.8. The summed E-state index contributed by atoms with van der Waals surface area (Å²) in [5.41, 5.74) is -1.95. The summed E-state index contributed by atoms with van der Waals surface area (Å²) in [5, 5.41) is 22.4. The molecule has 7 nitrogen and oxygen atoms in total. The minimum Gasteiger partial charge on any atom is -0.465 e. The van der Waals surface area contributed by atoms with E-state index in [-0.39, 0.29) is 13.1 Å². The van der Waals surface area contributed by atoms with Crippen LogP contribution in [-0.4, -0.2) is 51.8 Å². The van der Waals surface area contributed by atoms with Crippen molar-refractivity contribution in [1.29, 1.82) is 0 Å². The van der Waals surface area contributed by atoms with E-state index in [0.717, 1.165) is 13.8 Å². The molecule has 0 aromatic heterocycles. The van der Waals surface area contributed by atoms with E-state index >= 15 is 0 Å². The second kappa shape index (κ2) is 5.85. The molecule has 108 valence electrons. The quantitative estimate of drug-likeness (QED) is 0.303. The maximum atomic E-state index is 13.6. The number of hydrogen-bond donors (Lipinski definition) is 3. The topological polar surface area (TPSA) is 102 Å². The average Bonchev–Trinajstić information content (AvgIpc) is 2.34. The fourth-order valence-electron chi connectivity index (χ4n) is 1.84. The van der Waals surface area contributed by atoms with Crippen molar-refractivity contribution in [3.63, 3.8) is 0 Å². The molecule has 1 aliphatic heterocycles. The lowest BCUT2D eigenvalue weighted by molar-refractivity contribution is -0.125. The number of alkyl halides is 1. The Morgan fingerprint density at radius 2 is 1.89 bits per heavy atom. The van der Waals surface area contributed by atoms with Gasteiger partial charge in [0.1, 0.15) is 0 Å². The normalized spacial score (nSPS) is 18.3. The number of halogens is 1. The van der Waals surface area contributed by atoms with Crippen LogP contribution in [0.5, 0.6) is 0 Å². The van der Waals surface area contributed by atoms with E-state index in [0.29, 0.717) is 12.8 Å². The molecular weight excluding hydrogens is 257 g/mol. The zero-order valence-electron chi connectivity index (χ0n) is 10.9. The van der Waals surface area contributed by atoms with Gasteiger partial charge in [-0.1, -0.05) is 5.16 Å². The SMILES string of the molecule is CC(C)(F)/C(=N/O)NC(=O)C1CCN(C(=O)O)CC1. The molecule has 1 saturated heterocycles. The molecule has 19 heavy (non-hydrogen) atoms. The maximum Gasteiger partial charge on any atom is 0.407 e. The molecule has 2 amide bonds. The number of hydrogen-bond acceptors (Lipinski definition) is 4. The zero-order chi connectivity index (χ0) is 14.6. The molecule has 1 rings (SSSR count). The molecule has 0 aliphatic carbocycles. The molecule has 0 radical (unpaired) electrons. The minimum atomic E-state index is -1.95. The van der Waals surface area contributed by atoms with Crippen LogP contribution in [0.1, 0.15) is 26.7 Å². The van der Waals surface area contributed by atoms with Crippen molar-refractivity contribution in [2.24, 2.45) is 11.1 Å². The molecule has 0 aromatic rings. The standard InChI is InChI=1S/C11H18FN3O4/c1-11(2,12)9(14-19)13-8(16)7-3-5-15(6-4-7)10(17)18/h7,19H,3-6H2,1-2H3,(H,17,18)(H,13,14,16). The highest BCUT2D eigenvalue weighted by molar-refractivity contribution is 6.02. The molecule has 3 N–H and O–H groups in total. The summed E-state index contributed by atoms with van der Waals surface area (Å²) in [6, 6.07) is 0. The van der Waals surface area contributed by atoms with Gasteiger partial charge >= 0.3 is 6.09 Å². The van der Waals surface area contributed by atoms with Crippen LogP contribution in [-0.2, 0) is 4.79 Å². The van der Waals surface area contributed by atoms with E-state index in [1.54, 1.807) is 0 Å². The first-order valence-electron chi connectivity index (χ1n) is 5.96. The van der Waals surface area contributed by atoms with Crippen LogP contribution in [0.25, 0.3) is 0 Å². The van der Waals surface area contributed by atoms with Crippen molar-refractivity contribution in [2.75, 3.05) is 13.1 Å². The van der Waals surface area contributed by atoms with Crippen molar-refractivity contribution in [3.8, 4) is 0 Å². The molecule has 0 atom stereocenters. The van der Waals surface area contributed by atoms with Crippen LogP contribution in [0.2, 0.25) is 0 Å². The predicted octanol–water partition coefficient (Wildman–Crippen LogP) is 1.03. The van der Waals surface area contributed by atoms with Gasteiger partial charge in [-0.25, -0.2) is 9.18 Å². The molecule has 1 aliphatic rings. The summed E-state index contributed by atoms with van der Waals surface area (Å²) in [6.07, 6.45) is -0.283. The smallest absolute Gasteiger partial charge is 0.407 e. The molecule has 0 spiro atoms. The second-order valence-electron chi connectivity index (χ2n) is 4.95. The Kier molecular flexibility index (Phi) is 4.68. The van der Waals surface area contributed by atoms with Gasteiger partial charge in [-0.3, -0.25) is 4.79 Å². The third kappa shape index (κ3) is 4.08. The molecule has 0 unspecified atom stereocenters. The first-order chi connectivity index (χ1) is 8.75. The molecule has 0 bridgehead atoms. The number of amides is 2. The second-order valence-corrected chi connectivity index (χ2v) is 4.95. The van der Waals surface area contributed by atoms with Crippen molar-refractivity contribution >= 4 is 17.8 Å². The number of nitrogens with one attached hydrogen (secondary N) is 1. The number of nitrogens with zero attached hydrogens (tertiary/aromatic N) is 2. The summed E-state index contributed by atoms with van der Waals surface area (Å²) >= 11 is 0. The fourth-order valence-corrected chi connectivity index (χ4v) is 1.84. The van der Waals surface area contributed by atoms with Gasteiger partial charge in [0, 0.05) is 19.0 Å². The Labute approximate surface area is 110 Å². The number of oxime groups is 1. The lowest BCUT2D eigenvalue weighted by Crippen LogP contribution is -2.47. The van der Waals surface area contributed by atoms with Gasteiger partial charge < -0.3 is 20.5 Å². The summed E-state index contributed by atoms with van der Waals surface area (Å²) in [7, 11) is 0. The minimum absolute atomic E-state index is 0.262. The van der Waals surface area contributed by atoms with Gasteiger partial charge in [0.2, 0.25) is 5.91 Å². The van der Waals surface area contributed by atoms with Crippen LogP contribution in [0.3, 0.4) is 0 Å². The highest BCUT2D eigenvalue weighted by Crippen LogP contribution is 2.18. The Hall–Kier alpha value is -1.86. The molecule has 8 heteroatoms. The van der Waals surface area contributed by atoms with Gasteiger partial charge in [-0.15, -0.1) is 0 Å². The van der Waals surface area contributed by atoms with Gasteiger partial charge in [-0.05, 0) is 26.7 Å². The number of carbonyl (C=O) groups is 2. The van der Waals surface area contributed by atoms with E-state index < -0.39 is 29.4 Å². The van der Waals surface area contributed by atoms with Gasteiger partial charge in [-0.2, -0.15) is 0 Å². The first-order valence-corrected chi connectivity index (χ1v) is 5.96. The summed E-state index contributed by atoms with van der Waals surface area (Å²) < 4.78 is 13.6. The van der Waals surface area contributed by atoms with E-state index in [1.165, 1.54) is 4.90 Å². The Morgan fingerprint density at radius 1 is 1.37 bits per heavy atom. The Bertz CT molecular complexity index is 384. The highest BCUT2D eigenvalue weighted by atomic mass is 19.1. The summed E-state index contributed by atoms with van der Waals surface area (Å²) in [5.74, 6) is -1.31. The van der Waals surface area contributed by atoms with Crippen molar-refractivity contribution in [3.05, 3.63) is 0 Å². The van der Waals surface area contributed by atoms with E-state index in [1.807, 2.05) is 0 Å². The highest BCUT2D eigenvalue weighted by Gasteiger charge is 2.31. The number of piperidine rings is 1. The van der Waals surface area contributed by atoms with Crippen molar-refractivity contribution in [2.45, 2.75) is 32.4 Å². The van der Waals surface area contributed by atoms with Crippen LogP contribution >= 0.6 is 0 Å². The third-order valence-corrected chi connectivity index (χ3v) is 3.04.